The summed E-state index contributed by atoms with van der Waals surface area (Å²) in [5, 5.41) is 26.7. The Bertz CT molecular complexity index is 1180. The Morgan fingerprint density at radius 3 is 1.90 bits per heavy atom. The molecule has 0 heterocycles. The smallest absolute Gasteiger partial charge is 0.407 e. The number of rotatable bonds is 16. The van der Waals surface area contributed by atoms with Crippen LogP contribution >= 0.6 is 0 Å². The van der Waals surface area contributed by atoms with Gasteiger partial charge in [0, 0.05) is 25.7 Å². The van der Waals surface area contributed by atoms with Crippen molar-refractivity contribution < 1.29 is 42.3 Å². The zero-order valence-corrected chi connectivity index (χ0v) is 26.0. The molecule has 0 unspecified atom stereocenters. The number of benzene rings is 1. The summed E-state index contributed by atoms with van der Waals surface area (Å²) in [6, 6.07) is 3.24. The average molecular weight is 617 g/mol. The lowest BCUT2D eigenvalue weighted by Crippen LogP contribution is -2.46. The minimum Gasteiger partial charge on any atom is -0.480 e. The summed E-state index contributed by atoms with van der Waals surface area (Å²) >= 11 is 0. The van der Waals surface area contributed by atoms with Gasteiger partial charge < -0.3 is 25.2 Å². The summed E-state index contributed by atoms with van der Waals surface area (Å²) in [6.45, 7) is 10.5. The molecule has 3 N–H and O–H groups in total. The zero-order chi connectivity index (χ0) is 32.1. The zero-order valence-electron chi connectivity index (χ0n) is 25.2. The number of nitro benzene ring substituents is 1. The van der Waals surface area contributed by atoms with Crippen LogP contribution in [-0.2, 0) is 24.3 Å². The van der Waals surface area contributed by atoms with Crippen LogP contribution in [0.5, 0.6) is 0 Å². The highest BCUT2D eigenvalue weighted by molar-refractivity contribution is 7.89. The second-order valence-electron chi connectivity index (χ2n) is 11.6. The first-order chi connectivity index (χ1) is 19.3. The number of ether oxygens (including phenoxy) is 2. The van der Waals surface area contributed by atoms with Gasteiger partial charge in [0.25, 0.3) is 15.7 Å². The fraction of sp³-hybridized carbons (Fsp3) is 0.667. The van der Waals surface area contributed by atoms with Crippen LogP contribution < -0.4 is 10.6 Å². The van der Waals surface area contributed by atoms with Crippen molar-refractivity contribution in [2.75, 3.05) is 19.6 Å². The standard InChI is InChI=1S/C27H44N4O10S/c1-26(2,3)40-24(34)28-17-11-7-8-12-19-30(42(38,39)22-16-10-9-14-20(22)31(36)37)21(23(32)33)15-13-18-29-25(35)41-27(4,5)6/h9-10,14,16,21H,7-8,11-13,15,17-19H2,1-6H3,(H,28,34)(H,29,35)(H,32,33)/t21-/m0/s1. The van der Waals surface area contributed by atoms with E-state index in [4.69, 9.17) is 9.47 Å². The molecular formula is C27H44N4O10S. The van der Waals surface area contributed by atoms with Crippen LogP contribution in [0.4, 0.5) is 15.3 Å². The Morgan fingerprint density at radius 1 is 0.905 bits per heavy atom. The molecule has 0 aliphatic carbocycles. The summed E-state index contributed by atoms with van der Waals surface area (Å²) in [4.78, 5) is 46.1. The molecule has 1 atom stereocenters. The predicted octanol–water partition coefficient (Wildman–Crippen LogP) is 4.43. The van der Waals surface area contributed by atoms with Gasteiger partial charge in [-0.2, -0.15) is 4.31 Å². The van der Waals surface area contributed by atoms with Crippen molar-refractivity contribution in [3.63, 3.8) is 0 Å². The Hall–Kier alpha value is -3.46. The number of nitrogens with one attached hydrogen (secondary N) is 2. The summed E-state index contributed by atoms with van der Waals surface area (Å²) in [6.07, 6.45) is 0.661. The predicted molar refractivity (Wildman–Crippen MR) is 155 cm³/mol. The third kappa shape index (κ3) is 13.5. The lowest BCUT2D eigenvalue weighted by atomic mass is 10.1. The van der Waals surface area contributed by atoms with Gasteiger partial charge in [-0.1, -0.05) is 25.0 Å². The molecule has 0 bridgehead atoms. The molecule has 0 aliphatic heterocycles. The molecule has 238 valence electrons. The SMILES string of the molecule is CC(C)(C)OC(=O)NCCCCCCN([C@@H](CCCNC(=O)OC(C)(C)C)C(=O)O)S(=O)(=O)c1ccccc1[N+](=O)[O-]. The molecule has 0 saturated heterocycles. The number of unbranched alkanes of at least 4 members (excludes halogenated alkanes) is 3. The van der Waals surface area contributed by atoms with Crippen molar-refractivity contribution in [1.29, 1.82) is 0 Å². The van der Waals surface area contributed by atoms with Crippen LogP contribution in [0.2, 0.25) is 0 Å². The van der Waals surface area contributed by atoms with E-state index in [0.29, 0.717) is 25.8 Å². The van der Waals surface area contributed by atoms with Gasteiger partial charge in [0.2, 0.25) is 0 Å². The number of carbonyl (C=O) groups is 3. The maximum Gasteiger partial charge on any atom is 0.407 e. The second-order valence-corrected chi connectivity index (χ2v) is 13.5. The number of alkyl carbamates (subject to hydrolysis) is 2. The monoisotopic (exact) mass is 616 g/mol. The lowest BCUT2D eigenvalue weighted by molar-refractivity contribution is -0.387. The molecule has 0 aliphatic rings. The Morgan fingerprint density at radius 2 is 1.40 bits per heavy atom. The first-order valence-electron chi connectivity index (χ1n) is 13.8. The summed E-state index contributed by atoms with van der Waals surface area (Å²) < 4.78 is 38.4. The molecule has 14 nitrogen and oxygen atoms in total. The third-order valence-corrected chi connectivity index (χ3v) is 7.53. The topological polar surface area (TPSA) is 194 Å². The van der Waals surface area contributed by atoms with Crippen LogP contribution in [0.3, 0.4) is 0 Å². The fourth-order valence-corrected chi connectivity index (χ4v) is 5.65. The minimum absolute atomic E-state index is 0.0305. The van der Waals surface area contributed by atoms with Gasteiger partial charge in [-0.15, -0.1) is 0 Å². The van der Waals surface area contributed by atoms with E-state index in [2.05, 4.69) is 10.6 Å². The van der Waals surface area contributed by atoms with Gasteiger partial charge in [0.1, 0.15) is 17.2 Å². The molecular weight excluding hydrogens is 572 g/mol. The number of nitrogens with zero attached hydrogens (tertiary/aromatic N) is 2. The highest BCUT2D eigenvalue weighted by Gasteiger charge is 2.38. The lowest BCUT2D eigenvalue weighted by Gasteiger charge is -2.28. The van der Waals surface area contributed by atoms with Gasteiger partial charge in [-0.25, -0.2) is 18.0 Å². The van der Waals surface area contributed by atoms with Crippen LogP contribution in [-0.4, -0.2) is 77.8 Å². The van der Waals surface area contributed by atoms with E-state index in [0.717, 1.165) is 16.4 Å². The summed E-state index contributed by atoms with van der Waals surface area (Å²) in [5.41, 5.74) is -2.01. The normalized spacial score (nSPS) is 12.8. The molecule has 1 rings (SSSR count). The van der Waals surface area contributed by atoms with E-state index in [1.54, 1.807) is 41.5 Å². The third-order valence-electron chi connectivity index (χ3n) is 5.58. The van der Waals surface area contributed by atoms with Crippen molar-refractivity contribution in [2.24, 2.45) is 0 Å². The molecule has 0 radical (unpaired) electrons. The minimum atomic E-state index is -4.60. The van der Waals surface area contributed by atoms with E-state index in [9.17, 15) is 38.0 Å². The largest absolute Gasteiger partial charge is 0.480 e. The number of amides is 2. The van der Waals surface area contributed by atoms with Crippen LogP contribution in [0, 0.1) is 10.1 Å². The molecule has 0 spiro atoms. The van der Waals surface area contributed by atoms with Crippen molar-refractivity contribution in [2.45, 2.75) is 102 Å². The molecule has 0 aromatic heterocycles. The molecule has 42 heavy (non-hydrogen) atoms. The van der Waals surface area contributed by atoms with E-state index in [1.165, 1.54) is 12.1 Å². The van der Waals surface area contributed by atoms with Crippen molar-refractivity contribution in [3.8, 4) is 0 Å². The summed E-state index contributed by atoms with van der Waals surface area (Å²) in [7, 11) is -4.60. The maximum absolute atomic E-state index is 13.7. The van der Waals surface area contributed by atoms with E-state index < -0.39 is 60.9 Å². The fourth-order valence-electron chi connectivity index (χ4n) is 3.84. The molecule has 0 saturated carbocycles. The molecule has 2 amide bonds. The highest BCUT2D eigenvalue weighted by atomic mass is 32.2. The number of sulfonamides is 1. The second kappa shape index (κ2) is 16.2. The van der Waals surface area contributed by atoms with Crippen molar-refractivity contribution >= 4 is 33.9 Å². The van der Waals surface area contributed by atoms with Gasteiger partial charge >= 0.3 is 18.2 Å². The quantitative estimate of drug-likeness (QED) is 0.136. The van der Waals surface area contributed by atoms with Gasteiger partial charge in [-0.3, -0.25) is 14.9 Å². The molecule has 15 heteroatoms. The van der Waals surface area contributed by atoms with Crippen molar-refractivity contribution in [3.05, 3.63) is 34.4 Å². The number of carboxylic acid groups (broad SMARTS) is 1. The Labute approximate surface area is 247 Å². The number of para-hydroxylation sites is 1. The number of hydrogen-bond acceptors (Lipinski definition) is 9. The van der Waals surface area contributed by atoms with Gasteiger partial charge in [0.15, 0.2) is 4.90 Å². The van der Waals surface area contributed by atoms with Gasteiger partial charge in [-0.05, 0) is 73.3 Å². The first-order valence-corrected chi connectivity index (χ1v) is 15.2. The molecule has 0 fully saturated rings. The number of nitro groups is 1. The number of carboxylic acids is 1. The highest BCUT2D eigenvalue weighted by Crippen LogP contribution is 2.29. The summed E-state index contributed by atoms with van der Waals surface area (Å²) in [5.74, 6) is -1.42. The number of aliphatic carboxylic acids is 1. The number of carbonyl (C=O) groups excluding carboxylic acids is 2. The van der Waals surface area contributed by atoms with Crippen LogP contribution in [0.15, 0.2) is 29.2 Å². The Balaban J connectivity index is 2.97. The van der Waals surface area contributed by atoms with Crippen molar-refractivity contribution in [1.82, 2.24) is 14.9 Å². The van der Waals surface area contributed by atoms with Gasteiger partial charge in [0.05, 0.1) is 4.92 Å². The van der Waals surface area contributed by atoms with Crippen LogP contribution in [0.25, 0.3) is 0 Å². The maximum atomic E-state index is 13.7. The molecule has 1 aromatic rings. The van der Waals surface area contributed by atoms with E-state index >= 15 is 0 Å². The van der Waals surface area contributed by atoms with Crippen LogP contribution in [0.1, 0.15) is 80.1 Å². The average Bonchev–Trinajstić information content (AvgIpc) is 2.84. The molecule has 1 aromatic carbocycles. The van der Waals surface area contributed by atoms with E-state index in [1.807, 2.05) is 0 Å². The number of hydrogen-bond donors (Lipinski definition) is 3. The van der Waals surface area contributed by atoms with E-state index in [-0.39, 0.29) is 32.4 Å². The first kappa shape index (κ1) is 36.6. The Kier molecular flexibility index (Phi) is 14.1.